The van der Waals surface area contributed by atoms with Crippen LogP contribution in [0.5, 0.6) is 0 Å². The molecule has 0 atom stereocenters. The summed E-state index contributed by atoms with van der Waals surface area (Å²) in [5.74, 6) is 0.222. The van der Waals surface area contributed by atoms with Gasteiger partial charge in [0.05, 0.1) is 4.92 Å². The van der Waals surface area contributed by atoms with Gasteiger partial charge in [0.2, 0.25) is 5.82 Å². The average Bonchev–Trinajstić information content (AvgIpc) is 2.56. The lowest BCUT2D eigenvalue weighted by atomic mass is 10.2. The van der Waals surface area contributed by atoms with Crippen molar-refractivity contribution in [2.24, 2.45) is 0 Å². The molecule has 7 nitrogen and oxygen atoms in total. The van der Waals surface area contributed by atoms with Gasteiger partial charge >= 0.3 is 5.69 Å². The van der Waals surface area contributed by atoms with Gasteiger partial charge in [-0.05, 0) is 46.3 Å². The van der Waals surface area contributed by atoms with E-state index < -0.39 is 4.92 Å². The number of piperazine rings is 1. The third kappa shape index (κ3) is 3.77. The van der Waals surface area contributed by atoms with Crippen molar-refractivity contribution in [1.29, 1.82) is 0 Å². The summed E-state index contributed by atoms with van der Waals surface area (Å²) in [5, 5.41) is 17.4. The number of nitrogens with zero attached hydrogens (tertiary/aromatic N) is 3. The smallest absolute Gasteiger partial charge is 0.311 e. The van der Waals surface area contributed by atoms with E-state index in [1.165, 1.54) is 6.07 Å². The largest absolute Gasteiger partial charge is 0.369 e. The second-order valence-corrected chi connectivity index (χ2v) is 5.98. The molecule has 2 heterocycles. The van der Waals surface area contributed by atoms with E-state index in [2.05, 4.69) is 36.4 Å². The van der Waals surface area contributed by atoms with Crippen LogP contribution < -0.4 is 15.5 Å². The number of halogens is 1. The number of anilines is 3. The van der Waals surface area contributed by atoms with E-state index in [0.717, 1.165) is 37.6 Å². The average molecular weight is 378 g/mol. The minimum atomic E-state index is -0.448. The Bertz CT molecular complexity index is 702. The number of benzene rings is 1. The Hall–Kier alpha value is -2.19. The van der Waals surface area contributed by atoms with Gasteiger partial charge < -0.3 is 15.5 Å². The number of hydrogen-bond donors (Lipinski definition) is 2. The topological polar surface area (TPSA) is 83.3 Å². The van der Waals surface area contributed by atoms with Crippen LogP contribution in [0, 0.1) is 10.1 Å². The Morgan fingerprint density at radius 1 is 1.17 bits per heavy atom. The third-order valence-corrected chi connectivity index (χ3v) is 4.09. The Morgan fingerprint density at radius 2 is 1.87 bits per heavy atom. The third-order valence-electron chi connectivity index (χ3n) is 3.65. The second kappa shape index (κ2) is 6.93. The van der Waals surface area contributed by atoms with Crippen molar-refractivity contribution in [2.45, 2.75) is 0 Å². The molecule has 1 aliphatic rings. The van der Waals surface area contributed by atoms with Gasteiger partial charge in [-0.3, -0.25) is 10.1 Å². The first-order valence-corrected chi connectivity index (χ1v) is 8.06. The predicted octanol–water partition coefficient (Wildman–Crippen LogP) is 2.91. The first kappa shape index (κ1) is 15.7. The molecule has 2 N–H and O–H groups in total. The number of pyridine rings is 1. The Kier molecular flexibility index (Phi) is 4.73. The molecular weight excluding hydrogens is 362 g/mol. The molecule has 1 aliphatic heterocycles. The van der Waals surface area contributed by atoms with Crippen LogP contribution in [-0.4, -0.2) is 36.1 Å². The molecule has 1 aromatic carbocycles. The number of aromatic nitrogens is 1. The summed E-state index contributed by atoms with van der Waals surface area (Å²) in [7, 11) is 0. The predicted molar refractivity (Wildman–Crippen MR) is 93.4 cm³/mol. The van der Waals surface area contributed by atoms with E-state index in [1.54, 1.807) is 6.07 Å². The Balaban J connectivity index is 1.78. The summed E-state index contributed by atoms with van der Waals surface area (Å²) in [6.07, 6.45) is 0. The molecule has 0 unspecified atom stereocenters. The van der Waals surface area contributed by atoms with Crippen LogP contribution >= 0.6 is 15.9 Å². The molecular formula is C15H16BrN5O2. The fraction of sp³-hybridized carbons (Fsp3) is 0.267. The molecule has 1 fully saturated rings. The molecule has 0 bridgehead atoms. The van der Waals surface area contributed by atoms with Crippen molar-refractivity contribution in [1.82, 2.24) is 10.3 Å². The zero-order chi connectivity index (χ0) is 16.2. The van der Waals surface area contributed by atoms with E-state index in [-0.39, 0.29) is 11.5 Å². The lowest BCUT2D eigenvalue weighted by Gasteiger charge is -2.29. The maximum absolute atomic E-state index is 11.1. The van der Waals surface area contributed by atoms with Gasteiger partial charge in [0, 0.05) is 43.6 Å². The number of nitrogens with one attached hydrogen (secondary N) is 2. The molecule has 120 valence electrons. The van der Waals surface area contributed by atoms with Crippen LogP contribution in [0.15, 0.2) is 41.0 Å². The highest BCUT2D eigenvalue weighted by Gasteiger charge is 2.16. The summed E-state index contributed by atoms with van der Waals surface area (Å²) < 4.78 is 0.544. The van der Waals surface area contributed by atoms with Crippen LogP contribution in [0.1, 0.15) is 0 Å². The van der Waals surface area contributed by atoms with Crippen molar-refractivity contribution in [2.75, 3.05) is 36.4 Å². The highest BCUT2D eigenvalue weighted by atomic mass is 79.9. The zero-order valence-electron chi connectivity index (χ0n) is 12.3. The maximum atomic E-state index is 11.1. The van der Waals surface area contributed by atoms with Gasteiger partial charge in [-0.15, -0.1) is 0 Å². The maximum Gasteiger partial charge on any atom is 0.311 e. The lowest BCUT2D eigenvalue weighted by Crippen LogP contribution is -2.43. The molecule has 0 radical (unpaired) electrons. The standard InChI is InChI=1S/C15H16BrN5O2/c16-14-6-5-13(21(22)23)15(19-14)18-11-1-3-12(4-2-11)20-9-7-17-8-10-20/h1-6,17H,7-10H2,(H,18,19). The van der Waals surface area contributed by atoms with Crippen LogP contribution in [0.25, 0.3) is 0 Å². The summed E-state index contributed by atoms with van der Waals surface area (Å²) in [6.45, 7) is 3.92. The highest BCUT2D eigenvalue weighted by Crippen LogP contribution is 2.28. The van der Waals surface area contributed by atoms with Crippen molar-refractivity contribution < 1.29 is 4.92 Å². The van der Waals surface area contributed by atoms with Gasteiger partial charge in [-0.2, -0.15) is 0 Å². The van der Waals surface area contributed by atoms with Crippen molar-refractivity contribution in [3.8, 4) is 0 Å². The molecule has 8 heteroatoms. The molecule has 23 heavy (non-hydrogen) atoms. The SMILES string of the molecule is O=[N+]([O-])c1ccc(Br)nc1Nc1ccc(N2CCNCC2)cc1. The van der Waals surface area contributed by atoms with Crippen LogP contribution in [-0.2, 0) is 0 Å². The van der Waals surface area contributed by atoms with E-state index in [1.807, 2.05) is 24.3 Å². The lowest BCUT2D eigenvalue weighted by molar-refractivity contribution is -0.384. The normalized spacial score (nSPS) is 14.6. The molecule has 2 aromatic rings. The van der Waals surface area contributed by atoms with Crippen molar-refractivity contribution >= 4 is 38.8 Å². The van der Waals surface area contributed by atoms with E-state index in [0.29, 0.717) is 4.60 Å². The molecule has 3 rings (SSSR count). The molecule has 0 aliphatic carbocycles. The summed E-state index contributed by atoms with van der Waals surface area (Å²) in [6, 6.07) is 10.8. The number of rotatable bonds is 4. The van der Waals surface area contributed by atoms with Gasteiger partial charge in [-0.25, -0.2) is 4.98 Å². The first-order chi connectivity index (χ1) is 11.1. The van der Waals surface area contributed by atoms with Gasteiger partial charge in [0.1, 0.15) is 4.60 Å². The molecule has 0 amide bonds. The number of hydrogen-bond acceptors (Lipinski definition) is 6. The van der Waals surface area contributed by atoms with E-state index in [4.69, 9.17) is 0 Å². The van der Waals surface area contributed by atoms with Crippen molar-refractivity contribution in [3.05, 3.63) is 51.1 Å². The molecule has 0 saturated carbocycles. The second-order valence-electron chi connectivity index (χ2n) is 5.17. The fourth-order valence-electron chi connectivity index (χ4n) is 2.48. The van der Waals surface area contributed by atoms with E-state index >= 15 is 0 Å². The highest BCUT2D eigenvalue weighted by molar-refractivity contribution is 9.10. The van der Waals surface area contributed by atoms with Crippen LogP contribution in [0.3, 0.4) is 0 Å². The number of nitro groups is 1. The zero-order valence-corrected chi connectivity index (χ0v) is 13.9. The summed E-state index contributed by atoms with van der Waals surface area (Å²) in [4.78, 5) is 17.1. The Morgan fingerprint density at radius 3 is 2.52 bits per heavy atom. The molecule has 1 saturated heterocycles. The molecule has 1 aromatic heterocycles. The minimum Gasteiger partial charge on any atom is -0.369 e. The molecule has 0 spiro atoms. The minimum absolute atomic E-state index is 0.0561. The quantitative estimate of drug-likeness (QED) is 0.484. The fourth-order valence-corrected chi connectivity index (χ4v) is 2.79. The van der Waals surface area contributed by atoms with Gasteiger partial charge in [-0.1, -0.05) is 0 Å². The van der Waals surface area contributed by atoms with Crippen molar-refractivity contribution in [3.63, 3.8) is 0 Å². The Labute approximate surface area is 142 Å². The van der Waals surface area contributed by atoms with Crippen LogP contribution in [0.4, 0.5) is 22.9 Å². The van der Waals surface area contributed by atoms with E-state index in [9.17, 15) is 10.1 Å². The first-order valence-electron chi connectivity index (χ1n) is 7.27. The van der Waals surface area contributed by atoms with Gasteiger partial charge in [0.25, 0.3) is 0 Å². The van der Waals surface area contributed by atoms with Gasteiger partial charge in [0.15, 0.2) is 0 Å². The van der Waals surface area contributed by atoms with Crippen LogP contribution in [0.2, 0.25) is 0 Å². The summed E-state index contributed by atoms with van der Waals surface area (Å²) >= 11 is 3.24. The monoisotopic (exact) mass is 377 g/mol. The summed E-state index contributed by atoms with van der Waals surface area (Å²) in [5.41, 5.74) is 1.85.